The number of amidine groups is 1. The molecule has 4 rings (SSSR count). The van der Waals surface area contributed by atoms with Gasteiger partial charge in [0.2, 0.25) is 0 Å². The van der Waals surface area contributed by atoms with E-state index in [2.05, 4.69) is 22.9 Å². The van der Waals surface area contributed by atoms with E-state index in [1.165, 1.54) is 0 Å². The summed E-state index contributed by atoms with van der Waals surface area (Å²) in [5.74, 6) is 1.93. The molecule has 0 aromatic carbocycles. The minimum absolute atomic E-state index is 0.0201. The molecule has 1 saturated heterocycles. The number of fused-ring (bicyclic) bond motifs is 1. The maximum atomic E-state index is 5.91. The van der Waals surface area contributed by atoms with E-state index >= 15 is 0 Å². The zero-order valence-electron chi connectivity index (χ0n) is 12.1. The van der Waals surface area contributed by atoms with Crippen molar-refractivity contribution in [1.82, 2.24) is 9.88 Å². The lowest BCUT2D eigenvalue weighted by atomic mass is 10.0. The van der Waals surface area contributed by atoms with Gasteiger partial charge in [-0.3, -0.25) is 4.98 Å². The third kappa shape index (κ3) is 2.16. The second-order valence-corrected chi connectivity index (χ2v) is 6.99. The van der Waals surface area contributed by atoms with Crippen molar-refractivity contribution in [1.29, 1.82) is 0 Å². The molecule has 2 aromatic heterocycles. The number of nitrogens with zero attached hydrogens (tertiary/aromatic N) is 3. The molecule has 4 nitrogen and oxygen atoms in total. The van der Waals surface area contributed by atoms with E-state index in [0.717, 1.165) is 28.9 Å². The molecular weight excluding hydrogens is 282 g/mol. The van der Waals surface area contributed by atoms with Crippen LogP contribution in [0, 0.1) is 6.92 Å². The Kier molecular flexibility index (Phi) is 3.03. The molecule has 2 aliphatic heterocycles. The highest BCUT2D eigenvalue weighted by Crippen LogP contribution is 2.47. The summed E-state index contributed by atoms with van der Waals surface area (Å²) in [5, 5.41) is 1.70. The van der Waals surface area contributed by atoms with Crippen LogP contribution in [0.5, 0.6) is 0 Å². The highest BCUT2D eigenvalue weighted by molar-refractivity contribution is 8.14. The van der Waals surface area contributed by atoms with Crippen LogP contribution in [0.2, 0.25) is 0 Å². The zero-order chi connectivity index (χ0) is 14.4. The Morgan fingerprint density at radius 2 is 2.19 bits per heavy atom. The van der Waals surface area contributed by atoms with Crippen LogP contribution in [0.25, 0.3) is 0 Å². The van der Waals surface area contributed by atoms with E-state index in [1.54, 1.807) is 0 Å². The molecule has 0 radical (unpaired) electrons. The van der Waals surface area contributed by atoms with Gasteiger partial charge in [-0.15, -0.1) is 0 Å². The number of aromatic nitrogens is 1. The molecule has 2 aromatic rings. The van der Waals surface area contributed by atoms with Crippen LogP contribution in [-0.2, 0) is 0 Å². The summed E-state index contributed by atoms with van der Waals surface area (Å²) >= 11 is 1.85. The van der Waals surface area contributed by atoms with E-state index in [4.69, 9.17) is 9.41 Å². The normalized spacial score (nSPS) is 27.8. The summed E-state index contributed by atoms with van der Waals surface area (Å²) in [7, 11) is 0. The minimum Gasteiger partial charge on any atom is -0.464 e. The summed E-state index contributed by atoms with van der Waals surface area (Å²) in [6.45, 7) is 5.24. The molecular formula is C16H17N3OS. The SMILES string of the molecule is Cc1ccc([C@H]2[C@H](c3ccccn3)N=C3S[C@@H](C)CN32)o1. The third-order valence-corrected chi connectivity index (χ3v) is 5.04. The molecule has 0 spiro atoms. The van der Waals surface area contributed by atoms with Gasteiger partial charge in [0.1, 0.15) is 23.6 Å². The van der Waals surface area contributed by atoms with Crippen molar-refractivity contribution in [3.8, 4) is 0 Å². The lowest BCUT2D eigenvalue weighted by Crippen LogP contribution is -2.28. The van der Waals surface area contributed by atoms with Crippen molar-refractivity contribution in [3.05, 3.63) is 53.7 Å². The first-order valence-electron chi connectivity index (χ1n) is 7.21. The Morgan fingerprint density at radius 3 is 2.90 bits per heavy atom. The van der Waals surface area contributed by atoms with Gasteiger partial charge < -0.3 is 9.32 Å². The first-order valence-corrected chi connectivity index (χ1v) is 8.09. The predicted molar refractivity (Wildman–Crippen MR) is 84.4 cm³/mol. The van der Waals surface area contributed by atoms with Crippen LogP contribution >= 0.6 is 11.8 Å². The molecule has 108 valence electrons. The fraction of sp³-hybridized carbons (Fsp3) is 0.375. The van der Waals surface area contributed by atoms with Gasteiger partial charge in [-0.05, 0) is 31.2 Å². The monoisotopic (exact) mass is 299 g/mol. The standard InChI is InChI=1S/C16H17N3OS/c1-10-6-7-13(20-10)15-14(12-5-3-4-8-17-12)18-16-19(15)9-11(2)21-16/h3-8,11,14-15H,9H2,1-2H3/t11-,14-,15-/m0/s1. The first kappa shape index (κ1) is 13.0. The summed E-state index contributed by atoms with van der Waals surface area (Å²) in [6.07, 6.45) is 1.83. The third-order valence-electron chi connectivity index (χ3n) is 3.93. The second-order valence-electron chi connectivity index (χ2n) is 5.59. The number of thioether (sulfide) groups is 1. The Labute approximate surface area is 128 Å². The average molecular weight is 299 g/mol. The molecule has 0 saturated carbocycles. The van der Waals surface area contributed by atoms with Gasteiger partial charge in [-0.1, -0.05) is 24.8 Å². The lowest BCUT2D eigenvalue weighted by Gasteiger charge is -2.25. The number of aliphatic imine (C=N–C) groups is 1. The van der Waals surface area contributed by atoms with E-state index in [-0.39, 0.29) is 12.1 Å². The number of furan rings is 1. The molecule has 0 amide bonds. The Bertz CT molecular complexity index is 682. The van der Waals surface area contributed by atoms with Gasteiger partial charge in [-0.2, -0.15) is 0 Å². The topological polar surface area (TPSA) is 41.6 Å². The van der Waals surface area contributed by atoms with E-state index in [1.807, 2.05) is 49.1 Å². The molecule has 0 unspecified atom stereocenters. The summed E-state index contributed by atoms with van der Waals surface area (Å²) < 4.78 is 5.91. The largest absolute Gasteiger partial charge is 0.464 e. The lowest BCUT2D eigenvalue weighted by molar-refractivity contribution is 0.272. The molecule has 2 aliphatic rings. The maximum Gasteiger partial charge on any atom is 0.161 e. The predicted octanol–water partition coefficient (Wildman–Crippen LogP) is 3.57. The molecule has 4 heterocycles. The number of hydrogen-bond donors (Lipinski definition) is 0. The van der Waals surface area contributed by atoms with Crippen molar-refractivity contribution in [2.75, 3.05) is 6.54 Å². The smallest absolute Gasteiger partial charge is 0.161 e. The van der Waals surface area contributed by atoms with Crippen molar-refractivity contribution in [2.45, 2.75) is 31.2 Å². The first-order chi connectivity index (χ1) is 10.2. The Balaban J connectivity index is 1.77. The Hall–Kier alpha value is -1.75. The quantitative estimate of drug-likeness (QED) is 0.850. The van der Waals surface area contributed by atoms with Gasteiger partial charge in [-0.25, -0.2) is 4.99 Å². The van der Waals surface area contributed by atoms with Gasteiger partial charge in [0.05, 0.1) is 5.69 Å². The fourth-order valence-corrected chi connectivity index (χ4v) is 4.13. The highest BCUT2D eigenvalue weighted by Gasteiger charge is 2.44. The van der Waals surface area contributed by atoms with Crippen molar-refractivity contribution in [2.24, 2.45) is 4.99 Å². The van der Waals surface area contributed by atoms with E-state index in [0.29, 0.717) is 5.25 Å². The molecule has 1 fully saturated rings. The van der Waals surface area contributed by atoms with Gasteiger partial charge in [0.25, 0.3) is 0 Å². The van der Waals surface area contributed by atoms with Crippen molar-refractivity contribution >= 4 is 16.9 Å². The van der Waals surface area contributed by atoms with Crippen LogP contribution in [-0.4, -0.2) is 26.8 Å². The fourth-order valence-electron chi connectivity index (χ4n) is 3.04. The number of pyridine rings is 1. The van der Waals surface area contributed by atoms with Gasteiger partial charge >= 0.3 is 0 Å². The molecule has 5 heteroatoms. The average Bonchev–Trinajstić information content (AvgIpc) is 3.13. The zero-order valence-corrected chi connectivity index (χ0v) is 12.9. The summed E-state index contributed by atoms with van der Waals surface area (Å²) in [5.41, 5.74) is 1.01. The van der Waals surface area contributed by atoms with Crippen LogP contribution in [0.3, 0.4) is 0 Å². The molecule has 3 atom stereocenters. The van der Waals surface area contributed by atoms with Crippen LogP contribution < -0.4 is 0 Å². The van der Waals surface area contributed by atoms with Crippen LogP contribution in [0.4, 0.5) is 0 Å². The van der Waals surface area contributed by atoms with Gasteiger partial charge in [0, 0.05) is 18.0 Å². The maximum absolute atomic E-state index is 5.91. The molecule has 0 aliphatic carbocycles. The van der Waals surface area contributed by atoms with E-state index in [9.17, 15) is 0 Å². The van der Waals surface area contributed by atoms with Crippen molar-refractivity contribution < 1.29 is 4.42 Å². The van der Waals surface area contributed by atoms with Crippen LogP contribution in [0.1, 0.15) is 36.2 Å². The number of aryl methyl sites for hydroxylation is 1. The second kappa shape index (κ2) is 4.91. The van der Waals surface area contributed by atoms with Crippen molar-refractivity contribution in [3.63, 3.8) is 0 Å². The molecule has 21 heavy (non-hydrogen) atoms. The molecule has 0 bridgehead atoms. The van der Waals surface area contributed by atoms with Crippen LogP contribution in [0.15, 0.2) is 45.9 Å². The van der Waals surface area contributed by atoms with Gasteiger partial charge in [0.15, 0.2) is 5.17 Å². The summed E-state index contributed by atoms with van der Waals surface area (Å²) in [6, 6.07) is 10.3. The highest BCUT2D eigenvalue weighted by atomic mass is 32.2. The molecule has 0 N–H and O–H groups in total. The number of hydrogen-bond acceptors (Lipinski definition) is 5. The number of rotatable bonds is 2. The minimum atomic E-state index is 0.0201. The summed E-state index contributed by atoms with van der Waals surface area (Å²) in [4.78, 5) is 11.8. The Morgan fingerprint density at radius 1 is 1.29 bits per heavy atom. The van der Waals surface area contributed by atoms with E-state index < -0.39 is 0 Å².